The highest BCUT2D eigenvalue weighted by molar-refractivity contribution is 6.09. The molecule has 0 N–H and O–H groups in total. The molecule has 4 aromatic heterocycles. The number of furan rings is 1. The molecule has 0 spiro atoms. The van der Waals surface area contributed by atoms with Crippen molar-refractivity contribution in [2.45, 2.75) is 0 Å². The Morgan fingerprint density at radius 3 is 1.67 bits per heavy atom. The minimum Gasteiger partial charge on any atom is -0.454 e. The van der Waals surface area contributed by atoms with Crippen molar-refractivity contribution in [3.63, 3.8) is 0 Å². The maximum atomic E-state index is 6.20. The predicted octanol–water partition coefficient (Wildman–Crippen LogP) is 12.1. The molecule has 7 aromatic carbocycles. The summed E-state index contributed by atoms with van der Waals surface area (Å²) in [4.78, 5) is 19.4. The number of rotatable bonds is 5. The summed E-state index contributed by atoms with van der Waals surface area (Å²) in [6.45, 7) is 0. The Labute approximate surface area is 309 Å². The summed E-state index contributed by atoms with van der Waals surface area (Å²) in [5, 5.41) is 6.95. The van der Waals surface area contributed by atoms with Gasteiger partial charge in [0.1, 0.15) is 5.58 Å². The highest BCUT2D eigenvalue weighted by Crippen LogP contribution is 2.35. The fraction of sp³-hybridized carbons (Fsp3) is 0. The van der Waals surface area contributed by atoms with Crippen LogP contribution < -0.4 is 0 Å². The van der Waals surface area contributed by atoms with E-state index in [0.29, 0.717) is 17.5 Å². The van der Waals surface area contributed by atoms with Crippen LogP contribution in [0.3, 0.4) is 0 Å². The number of pyridine rings is 1. The van der Waals surface area contributed by atoms with Gasteiger partial charge in [-0.1, -0.05) is 103 Å². The van der Waals surface area contributed by atoms with Crippen molar-refractivity contribution < 1.29 is 4.42 Å². The van der Waals surface area contributed by atoms with Gasteiger partial charge in [0.15, 0.2) is 23.1 Å². The van der Waals surface area contributed by atoms with Crippen LogP contribution in [0, 0.1) is 0 Å². The van der Waals surface area contributed by atoms with E-state index in [0.717, 1.165) is 55.4 Å². The van der Waals surface area contributed by atoms with E-state index in [1.165, 1.54) is 32.6 Å². The van der Waals surface area contributed by atoms with Crippen LogP contribution in [0.4, 0.5) is 0 Å². The van der Waals surface area contributed by atoms with Crippen molar-refractivity contribution in [2.24, 2.45) is 0 Å². The van der Waals surface area contributed by atoms with E-state index < -0.39 is 0 Å². The lowest BCUT2D eigenvalue weighted by atomic mass is 10.00. The van der Waals surface area contributed by atoms with E-state index in [1.807, 2.05) is 12.1 Å². The van der Waals surface area contributed by atoms with E-state index in [1.54, 1.807) is 12.4 Å². The first-order valence-corrected chi connectivity index (χ1v) is 17.9. The molecule has 0 fully saturated rings. The van der Waals surface area contributed by atoms with Crippen molar-refractivity contribution >= 4 is 54.5 Å². The molecule has 54 heavy (non-hydrogen) atoms. The standard InChI is InChI=1S/C48H29N5O/c1-2-8-34-27-35(18-15-30(34)7-1)31-13-16-32(17-14-31)46-50-47(52-48(51-46)36-21-24-40-41-25-26-49-29-45(41)54-44(40)28-36)33-19-22-37(23-20-33)53-42-11-5-3-9-38(42)39-10-4-6-12-43(39)53/h1-29H. The van der Waals surface area contributed by atoms with Crippen molar-refractivity contribution in [1.82, 2.24) is 24.5 Å². The smallest absolute Gasteiger partial charge is 0.164 e. The van der Waals surface area contributed by atoms with Crippen molar-refractivity contribution in [1.29, 1.82) is 0 Å². The topological polar surface area (TPSA) is 69.6 Å². The van der Waals surface area contributed by atoms with Gasteiger partial charge in [0, 0.05) is 50.1 Å². The maximum Gasteiger partial charge on any atom is 0.164 e. The average molecular weight is 692 g/mol. The van der Waals surface area contributed by atoms with Crippen LogP contribution in [0.5, 0.6) is 0 Å². The minimum atomic E-state index is 0.570. The van der Waals surface area contributed by atoms with Gasteiger partial charge in [-0.15, -0.1) is 0 Å². The van der Waals surface area contributed by atoms with Crippen LogP contribution >= 0.6 is 0 Å². The fourth-order valence-corrected chi connectivity index (χ4v) is 7.67. The fourth-order valence-electron chi connectivity index (χ4n) is 7.67. The lowest BCUT2D eigenvalue weighted by Crippen LogP contribution is -2.00. The van der Waals surface area contributed by atoms with E-state index in [4.69, 9.17) is 19.4 Å². The Morgan fingerprint density at radius 1 is 0.389 bits per heavy atom. The van der Waals surface area contributed by atoms with E-state index in [9.17, 15) is 0 Å². The van der Waals surface area contributed by atoms with Gasteiger partial charge >= 0.3 is 0 Å². The van der Waals surface area contributed by atoms with E-state index in [2.05, 4.69) is 161 Å². The molecule has 252 valence electrons. The summed E-state index contributed by atoms with van der Waals surface area (Å²) in [7, 11) is 0. The molecule has 0 aliphatic heterocycles. The zero-order valence-corrected chi connectivity index (χ0v) is 28.9. The largest absolute Gasteiger partial charge is 0.454 e. The third kappa shape index (κ3) is 4.96. The summed E-state index contributed by atoms with van der Waals surface area (Å²) in [6, 6.07) is 57.1. The molecule has 6 heteroatoms. The van der Waals surface area contributed by atoms with Gasteiger partial charge in [-0.25, -0.2) is 15.0 Å². The summed E-state index contributed by atoms with van der Waals surface area (Å²) >= 11 is 0. The number of benzene rings is 7. The van der Waals surface area contributed by atoms with Crippen LogP contribution in [0.25, 0.3) is 105 Å². The van der Waals surface area contributed by atoms with Crippen LogP contribution in [-0.4, -0.2) is 24.5 Å². The predicted molar refractivity (Wildman–Crippen MR) is 218 cm³/mol. The summed E-state index contributed by atoms with van der Waals surface area (Å²) in [5.41, 5.74) is 9.84. The Kier molecular flexibility index (Phi) is 6.75. The molecule has 0 atom stereocenters. The highest BCUT2D eigenvalue weighted by atomic mass is 16.3. The number of aromatic nitrogens is 5. The second kappa shape index (κ2) is 12.1. The summed E-state index contributed by atoms with van der Waals surface area (Å²) in [5.74, 6) is 1.76. The Morgan fingerprint density at radius 2 is 0.944 bits per heavy atom. The monoisotopic (exact) mass is 691 g/mol. The van der Waals surface area contributed by atoms with Crippen molar-refractivity contribution in [3.8, 4) is 51.0 Å². The van der Waals surface area contributed by atoms with Gasteiger partial charge < -0.3 is 8.98 Å². The van der Waals surface area contributed by atoms with Gasteiger partial charge in [0.25, 0.3) is 0 Å². The summed E-state index contributed by atoms with van der Waals surface area (Å²) in [6.07, 6.45) is 3.53. The molecular weight excluding hydrogens is 663 g/mol. The van der Waals surface area contributed by atoms with Crippen LogP contribution in [0.15, 0.2) is 181 Å². The first-order chi connectivity index (χ1) is 26.7. The second-order valence-electron chi connectivity index (χ2n) is 13.5. The third-order valence-corrected chi connectivity index (χ3v) is 10.4. The molecule has 0 saturated heterocycles. The molecule has 11 rings (SSSR count). The molecule has 0 aliphatic carbocycles. The van der Waals surface area contributed by atoms with Crippen molar-refractivity contribution in [2.75, 3.05) is 0 Å². The third-order valence-electron chi connectivity index (χ3n) is 10.4. The number of nitrogens with zero attached hydrogens (tertiary/aromatic N) is 5. The van der Waals surface area contributed by atoms with Gasteiger partial charge in [0.2, 0.25) is 0 Å². The van der Waals surface area contributed by atoms with Gasteiger partial charge in [-0.3, -0.25) is 4.98 Å². The number of para-hydroxylation sites is 2. The van der Waals surface area contributed by atoms with Crippen molar-refractivity contribution in [3.05, 3.63) is 176 Å². The highest BCUT2D eigenvalue weighted by Gasteiger charge is 2.16. The number of hydrogen-bond donors (Lipinski definition) is 0. The molecule has 0 aliphatic rings. The SMILES string of the molecule is c1ccc2cc(-c3ccc(-c4nc(-c5ccc(-n6c7ccccc7c7ccccc76)cc5)nc(-c5ccc6c(c5)oc5cnccc56)n4)cc3)ccc2c1. The Balaban J connectivity index is 1.03. The van der Waals surface area contributed by atoms with Crippen LogP contribution in [0.2, 0.25) is 0 Å². The van der Waals surface area contributed by atoms with E-state index in [-0.39, 0.29) is 0 Å². The molecule has 0 bridgehead atoms. The lowest BCUT2D eigenvalue weighted by Gasteiger charge is -2.11. The van der Waals surface area contributed by atoms with Gasteiger partial charge in [-0.05, 0) is 82.6 Å². The van der Waals surface area contributed by atoms with Gasteiger partial charge in [0.05, 0.1) is 17.2 Å². The zero-order chi connectivity index (χ0) is 35.6. The second-order valence-corrected chi connectivity index (χ2v) is 13.5. The molecule has 0 unspecified atom stereocenters. The number of fused-ring (bicyclic) bond motifs is 7. The first kappa shape index (κ1) is 30.2. The van der Waals surface area contributed by atoms with E-state index >= 15 is 0 Å². The maximum absolute atomic E-state index is 6.20. The quantitative estimate of drug-likeness (QED) is 0.180. The van der Waals surface area contributed by atoms with Crippen LogP contribution in [-0.2, 0) is 0 Å². The number of hydrogen-bond acceptors (Lipinski definition) is 5. The molecule has 0 amide bonds. The molecule has 4 heterocycles. The van der Waals surface area contributed by atoms with Gasteiger partial charge in [-0.2, -0.15) is 0 Å². The lowest BCUT2D eigenvalue weighted by molar-refractivity contribution is 0.667. The molecule has 11 aromatic rings. The molecule has 0 saturated carbocycles. The molecule has 6 nitrogen and oxygen atoms in total. The molecular formula is C48H29N5O. The molecule has 0 radical (unpaired) electrons. The average Bonchev–Trinajstić information content (AvgIpc) is 3.79. The Bertz CT molecular complexity index is 3160. The Hall–Kier alpha value is -7.44. The first-order valence-electron chi connectivity index (χ1n) is 17.9. The normalized spacial score (nSPS) is 11.7. The minimum absolute atomic E-state index is 0.570. The van der Waals surface area contributed by atoms with Crippen LogP contribution in [0.1, 0.15) is 0 Å². The zero-order valence-electron chi connectivity index (χ0n) is 28.9. The summed E-state index contributed by atoms with van der Waals surface area (Å²) < 4.78 is 8.51.